The van der Waals surface area contributed by atoms with Crippen molar-refractivity contribution >= 4 is 5.91 Å². The predicted molar refractivity (Wildman–Crippen MR) is 86.0 cm³/mol. The van der Waals surface area contributed by atoms with Gasteiger partial charge in [0, 0.05) is 19.1 Å². The summed E-state index contributed by atoms with van der Waals surface area (Å²) in [5.74, 6) is 0.105. The van der Waals surface area contributed by atoms with Crippen LogP contribution in [0.5, 0.6) is 0 Å². The van der Waals surface area contributed by atoms with Crippen molar-refractivity contribution in [1.82, 2.24) is 9.80 Å². The third-order valence-corrected chi connectivity index (χ3v) is 4.23. The van der Waals surface area contributed by atoms with E-state index in [-0.39, 0.29) is 11.9 Å². The number of benzene rings is 1. The number of rotatable bonds is 4. The van der Waals surface area contributed by atoms with Gasteiger partial charge in [0.25, 0.3) is 0 Å². The highest BCUT2D eigenvalue weighted by atomic mass is 16.2. The summed E-state index contributed by atoms with van der Waals surface area (Å²) in [5, 5.41) is 0. The molecule has 2 N–H and O–H groups in total. The molecule has 1 amide bonds. The van der Waals surface area contributed by atoms with E-state index in [0.29, 0.717) is 6.42 Å². The third kappa shape index (κ3) is 4.55. The van der Waals surface area contributed by atoms with E-state index in [2.05, 4.69) is 31.0 Å². The van der Waals surface area contributed by atoms with Gasteiger partial charge < -0.3 is 15.5 Å². The van der Waals surface area contributed by atoms with Crippen molar-refractivity contribution in [3.05, 3.63) is 35.9 Å². The summed E-state index contributed by atoms with van der Waals surface area (Å²) in [4.78, 5) is 16.8. The van der Waals surface area contributed by atoms with Gasteiger partial charge in [0.2, 0.25) is 5.91 Å². The maximum atomic E-state index is 12.6. The van der Waals surface area contributed by atoms with Gasteiger partial charge in [0.1, 0.15) is 0 Å². The molecule has 0 bridgehead atoms. The molecule has 1 aromatic rings. The topological polar surface area (TPSA) is 49.6 Å². The SMILES string of the molecule is CC1CN(C)CCCN1C(=O)[C@@H](N)CCc1ccccc1. The van der Waals surface area contributed by atoms with Gasteiger partial charge in [-0.1, -0.05) is 30.3 Å². The molecule has 0 aliphatic carbocycles. The predicted octanol–water partition coefficient (Wildman–Crippen LogP) is 1.50. The molecule has 0 aromatic heterocycles. The van der Waals surface area contributed by atoms with Crippen molar-refractivity contribution in [1.29, 1.82) is 0 Å². The van der Waals surface area contributed by atoms with Crippen LogP contribution in [0.15, 0.2) is 30.3 Å². The zero-order valence-corrected chi connectivity index (χ0v) is 13.2. The van der Waals surface area contributed by atoms with Crippen LogP contribution in [0, 0.1) is 0 Å². The number of nitrogens with two attached hydrogens (primary N) is 1. The van der Waals surface area contributed by atoms with Crippen LogP contribution < -0.4 is 5.73 Å². The van der Waals surface area contributed by atoms with Gasteiger partial charge in [0.05, 0.1) is 6.04 Å². The fourth-order valence-electron chi connectivity index (χ4n) is 3.00. The zero-order valence-electron chi connectivity index (χ0n) is 13.2. The van der Waals surface area contributed by atoms with Crippen LogP contribution in [0.25, 0.3) is 0 Å². The van der Waals surface area contributed by atoms with Gasteiger partial charge in [-0.25, -0.2) is 0 Å². The van der Waals surface area contributed by atoms with E-state index in [1.807, 2.05) is 23.1 Å². The molecule has 21 heavy (non-hydrogen) atoms. The fourth-order valence-corrected chi connectivity index (χ4v) is 3.00. The Morgan fingerprint density at radius 1 is 1.33 bits per heavy atom. The second-order valence-electron chi connectivity index (χ2n) is 6.13. The number of carbonyl (C=O) groups excluding carboxylic acids is 1. The highest BCUT2D eigenvalue weighted by Crippen LogP contribution is 2.12. The zero-order chi connectivity index (χ0) is 15.2. The molecule has 1 aliphatic heterocycles. The van der Waals surface area contributed by atoms with Gasteiger partial charge in [-0.3, -0.25) is 4.79 Å². The second-order valence-corrected chi connectivity index (χ2v) is 6.13. The molecule has 2 atom stereocenters. The molecule has 1 heterocycles. The minimum Gasteiger partial charge on any atom is -0.337 e. The van der Waals surface area contributed by atoms with E-state index < -0.39 is 6.04 Å². The van der Waals surface area contributed by atoms with E-state index >= 15 is 0 Å². The number of amides is 1. The standard InChI is InChI=1S/C17H27N3O/c1-14-13-19(2)11-6-12-20(14)17(21)16(18)10-9-15-7-4-3-5-8-15/h3-5,7-8,14,16H,6,9-13,18H2,1-2H3/t14?,16-/m0/s1. The first-order valence-electron chi connectivity index (χ1n) is 7.86. The Kier molecular flexibility index (Phi) is 5.76. The molecule has 0 spiro atoms. The molecule has 1 aromatic carbocycles. The Balaban J connectivity index is 1.89. The molecular weight excluding hydrogens is 262 g/mol. The van der Waals surface area contributed by atoms with Crippen LogP contribution in [0.2, 0.25) is 0 Å². The van der Waals surface area contributed by atoms with Crippen LogP contribution >= 0.6 is 0 Å². The molecule has 4 heteroatoms. The van der Waals surface area contributed by atoms with Crippen molar-refractivity contribution < 1.29 is 4.79 Å². The average molecular weight is 289 g/mol. The lowest BCUT2D eigenvalue weighted by Crippen LogP contribution is -2.49. The summed E-state index contributed by atoms with van der Waals surface area (Å²) in [6.07, 6.45) is 2.59. The molecule has 0 saturated carbocycles. The lowest BCUT2D eigenvalue weighted by atomic mass is 10.0. The summed E-state index contributed by atoms with van der Waals surface area (Å²) in [5.41, 5.74) is 7.38. The van der Waals surface area contributed by atoms with Crippen molar-refractivity contribution in [2.45, 2.75) is 38.3 Å². The van der Waals surface area contributed by atoms with E-state index in [1.54, 1.807) is 0 Å². The third-order valence-electron chi connectivity index (χ3n) is 4.23. The first kappa shape index (κ1) is 16.0. The monoisotopic (exact) mass is 289 g/mol. The minimum atomic E-state index is -0.393. The first-order chi connectivity index (χ1) is 10.1. The molecular formula is C17H27N3O. The van der Waals surface area contributed by atoms with Gasteiger partial charge in [0.15, 0.2) is 0 Å². The summed E-state index contributed by atoms with van der Waals surface area (Å²) >= 11 is 0. The van der Waals surface area contributed by atoms with Gasteiger partial charge >= 0.3 is 0 Å². The Morgan fingerprint density at radius 2 is 2.05 bits per heavy atom. The molecule has 116 valence electrons. The largest absolute Gasteiger partial charge is 0.337 e. The van der Waals surface area contributed by atoms with E-state index in [0.717, 1.165) is 32.5 Å². The summed E-state index contributed by atoms with van der Waals surface area (Å²) in [6, 6.07) is 10.1. The quantitative estimate of drug-likeness (QED) is 0.914. The van der Waals surface area contributed by atoms with Crippen molar-refractivity contribution in [3.63, 3.8) is 0 Å². The minimum absolute atomic E-state index is 0.105. The van der Waals surface area contributed by atoms with Crippen molar-refractivity contribution in [2.24, 2.45) is 5.73 Å². The van der Waals surface area contributed by atoms with E-state index in [1.165, 1.54) is 5.56 Å². The lowest BCUT2D eigenvalue weighted by molar-refractivity contribution is -0.134. The van der Waals surface area contributed by atoms with Crippen LogP contribution in [0.1, 0.15) is 25.3 Å². The number of hydrogen-bond acceptors (Lipinski definition) is 3. The van der Waals surface area contributed by atoms with Crippen molar-refractivity contribution in [2.75, 3.05) is 26.7 Å². The van der Waals surface area contributed by atoms with Gasteiger partial charge in [-0.15, -0.1) is 0 Å². The molecule has 1 fully saturated rings. The van der Waals surface area contributed by atoms with Crippen LogP contribution in [0.4, 0.5) is 0 Å². The molecule has 1 saturated heterocycles. The number of likely N-dealkylation sites (N-methyl/N-ethyl adjacent to an activating group) is 1. The number of carbonyl (C=O) groups is 1. The normalized spacial score (nSPS) is 21.9. The molecule has 1 aliphatic rings. The lowest BCUT2D eigenvalue weighted by Gasteiger charge is -2.30. The molecule has 1 unspecified atom stereocenters. The number of hydrogen-bond donors (Lipinski definition) is 1. The fraction of sp³-hybridized carbons (Fsp3) is 0.588. The Labute approximate surface area is 127 Å². The number of nitrogens with zero attached hydrogens (tertiary/aromatic N) is 2. The molecule has 2 rings (SSSR count). The molecule has 0 radical (unpaired) electrons. The average Bonchev–Trinajstić information content (AvgIpc) is 2.65. The summed E-state index contributed by atoms with van der Waals surface area (Å²) in [7, 11) is 2.11. The smallest absolute Gasteiger partial charge is 0.239 e. The van der Waals surface area contributed by atoms with Gasteiger partial charge in [-0.05, 0) is 45.3 Å². The van der Waals surface area contributed by atoms with Crippen molar-refractivity contribution in [3.8, 4) is 0 Å². The maximum Gasteiger partial charge on any atom is 0.239 e. The number of aryl methyl sites for hydroxylation is 1. The van der Waals surface area contributed by atoms with E-state index in [4.69, 9.17) is 5.73 Å². The second kappa shape index (κ2) is 7.57. The van der Waals surface area contributed by atoms with E-state index in [9.17, 15) is 4.79 Å². The Bertz CT molecular complexity index is 449. The highest BCUT2D eigenvalue weighted by molar-refractivity contribution is 5.82. The summed E-state index contributed by atoms with van der Waals surface area (Å²) < 4.78 is 0. The van der Waals surface area contributed by atoms with Gasteiger partial charge in [-0.2, -0.15) is 0 Å². The Morgan fingerprint density at radius 3 is 2.76 bits per heavy atom. The maximum absolute atomic E-state index is 12.6. The van der Waals surface area contributed by atoms with Crippen LogP contribution in [0.3, 0.4) is 0 Å². The molecule has 4 nitrogen and oxygen atoms in total. The van der Waals surface area contributed by atoms with Crippen LogP contribution in [-0.4, -0.2) is 54.5 Å². The summed E-state index contributed by atoms with van der Waals surface area (Å²) in [6.45, 7) is 4.91. The Hall–Kier alpha value is -1.39. The highest BCUT2D eigenvalue weighted by Gasteiger charge is 2.27. The van der Waals surface area contributed by atoms with Crippen LogP contribution in [-0.2, 0) is 11.2 Å². The first-order valence-corrected chi connectivity index (χ1v) is 7.86.